The minimum Gasteiger partial charge on any atom is -0.311 e. The van der Waals surface area contributed by atoms with Crippen LogP contribution in [-0.4, -0.2) is 0 Å². The molecule has 0 saturated heterocycles. The maximum absolute atomic E-state index is 2.36. The van der Waals surface area contributed by atoms with Crippen LogP contribution in [-0.2, 0) is 0 Å². The van der Waals surface area contributed by atoms with Gasteiger partial charge in [0, 0.05) is 34.1 Å². The second kappa shape index (κ2) is 14.3. The smallest absolute Gasteiger partial charge is 0.0462 e. The minimum absolute atomic E-state index is 1.12. The highest BCUT2D eigenvalue weighted by Gasteiger charge is 2.19. The molecular formula is C52H40N2. The van der Waals surface area contributed by atoms with Crippen molar-refractivity contribution in [1.29, 1.82) is 0 Å². The topological polar surface area (TPSA) is 6.48 Å². The quantitative estimate of drug-likeness (QED) is 0.146. The van der Waals surface area contributed by atoms with Crippen LogP contribution in [0.1, 0.15) is 11.1 Å². The predicted octanol–water partition coefficient (Wildman–Crippen LogP) is 14.9. The van der Waals surface area contributed by atoms with E-state index in [1.165, 1.54) is 54.9 Å². The van der Waals surface area contributed by atoms with E-state index in [-0.39, 0.29) is 0 Å². The SMILES string of the molecule is Cc1ccc2c(-c3ccc(N(c4ccccc4)c4ccccc4)cc3)c3cc(C)ccc3c(-c3ccc(N(c4ccccc4)c4ccccc4)cc3)c2c1. The number of hydrogen-bond donors (Lipinski definition) is 0. The third-order valence-corrected chi connectivity index (χ3v) is 10.3. The molecule has 0 bridgehead atoms. The van der Waals surface area contributed by atoms with Gasteiger partial charge in [0.15, 0.2) is 0 Å². The van der Waals surface area contributed by atoms with E-state index in [0.717, 1.165) is 34.1 Å². The molecule has 0 amide bonds. The zero-order chi connectivity index (χ0) is 36.4. The Morgan fingerprint density at radius 2 is 0.537 bits per heavy atom. The summed E-state index contributed by atoms with van der Waals surface area (Å²) in [6.07, 6.45) is 0. The monoisotopic (exact) mass is 692 g/mol. The van der Waals surface area contributed by atoms with Gasteiger partial charge in [-0.3, -0.25) is 0 Å². The molecule has 0 aliphatic carbocycles. The fourth-order valence-electron chi connectivity index (χ4n) is 7.84. The van der Waals surface area contributed by atoms with Crippen LogP contribution >= 0.6 is 0 Å². The molecule has 0 radical (unpaired) electrons. The predicted molar refractivity (Wildman–Crippen MR) is 231 cm³/mol. The van der Waals surface area contributed by atoms with E-state index in [2.05, 4.69) is 230 Å². The Morgan fingerprint density at radius 1 is 0.259 bits per heavy atom. The highest BCUT2D eigenvalue weighted by atomic mass is 15.1. The average molecular weight is 693 g/mol. The van der Waals surface area contributed by atoms with Crippen LogP contribution in [0.4, 0.5) is 34.1 Å². The van der Waals surface area contributed by atoms with Gasteiger partial charge in [0.2, 0.25) is 0 Å². The lowest BCUT2D eigenvalue weighted by molar-refractivity contribution is 1.28. The fraction of sp³-hybridized carbons (Fsp3) is 0.0385. The summed E-state index contributed by atoms with van der Waals surface area (Å²) < 4.78 is 0. The molecule has 0 aromatic heterocycles. The Labute approximate surface area is 317 Å². The first-order valence-electron chi connectivity index (χ1n) is 18.6. The highest BCUT2D eigenvalue weighted by molar-refractivity contribution is 6.21. The Hall–Kier alpha value is -6.90. The summed E-state index contributed by atoms with van der Waals surface area (Å²) in [6, 6.07) is 74.4. The Kier molecular flexibility index (Phi) is 8.70. The summed E-state index contributed by atoms with van der Waals surface area (Å²) in [5.74, 6) is 0. The molecule has 0 heterocycles. The maximum Gasteiger partial charge on any atom is 0.0462 e. The molecule has 9 aromatic rings. The van der Waals surface area contributed by atoms with Gasteiger partial charge in [0.05, 0.1) is 0 Å². The van der Waals surface area contributed by atoms with Gasteiger partial charge in [-0.15, -0.1) is 0 Å². The molecule has 2 nitrogen and oxygen atoms in total. The zero-order valence-corrected chi connectivity index (χ0v) is 30.5. The molecule has 0 saturated carbocycles. The number of rotatable bonds is 8. The van der Waals surface area contributed by atoms with Crippen molar-refractivity contribution in [3.05, 3.63) is 217 Å². The molecule has 9 aromatic carbocycles. The number of fused-ring (bicyclic) bond motifs is 2. The van der Waals surface area contributed by atoms with Crippen molar-refractivity contribution in [2.75, 3.05) is 9.80 Å². The first kappa shape index (κ1) is 33.0. The third kappa shape index (κ3) is 6.18. The van der Waals surface area contributed by atoms with E-state index in [1.807, 2.05) is 0 Å². The lowest BCUT2D eigenvalue weighted by Gasteiger charge is -2.26. The largest absolute Gasteiger partial charge is 0.311 e. The zero-order valence-electron chi connectivity index (χ0n) is 30.5. The van der Waals surface area contributed by atoms with E-state index >= 15 is 0 Å². The van der Waals surface area contributed by atoms with Gasteiger partial charge in [-0.2, -0.15) is 0 Å². The van der Waals surface area contributed by atoms with Crippen LogP contribution in [0.5, 0.6) is 0 Å². The number of nitrogens with zero attached hydrogens (tertiary/aromatic N) is 2. The molecule has 0 fully saturated rings. The summed E-state index contributed by atoms with van der Waals surface area (Å²) in [6.45, 7) is 4.39. The van der Waals surface area contributed by atoms with Crippen LogP contribution in [0.25, 0.3) is 43.8 Å². The molecule has 0 aliphatic heterocycles. The highest BCUT2D eigenvalue weighted by Crippen LogP contribution is 2.46. The van der Waals surface area contributed by atoms with E-state index in [9.17, 15) is 0 Å². The Morgan fingerprint density at radius 3 is 0.833 bits per heavy atom. The number of para-hydroxylation sites is 4. The van der Waals surface area contributed by atoms with Crippen LogP contribution in [0.2, 0.25) is 0 Å². The molecule has 0 aliphatic rings. The Balaban J connectivity index is 1.19. The number of hydrogen-bond acceptors (Lipinski definition) is 2. The van der Waals surface area contributed by atoms with Gasteiger partial charge in [0.25, 0.3) is 0 Å². The standard InChI is InChI=1S/C52H40N2/c1-37-23-33-47-49(35-37)51(39-25-29-45(30-26-39)53(41-15-7-3-8-16-41)42-17-9-4-10-18-42)48-34-24-38(2)36-50(48)52(47)40-27-31-46(32-28-40)54(43-19-11-5-12-20-43)44-21-13-6-14-22-44/h3-36H,1-2H3. The molecule has 0 atom stereocenters. The summed E-state index contributed by atoms with van der Waals surface area (Å²) in [5, 5.41) is 5.03. The van der Waals surface area contributed by atoms with Crippen molar-refractivity contribution in [3.63, 3.8) is 0 Å². The van der Waals surface area contributed by atoms with Gasteiger partial charge < -0.3 is 9.80 Å². The molecule has 258 valence electrons. The van der Waals surface area contributed by atoms with Crippen molar-refractivity contribution in [1.82, 2.24) is 0 Å². The van der Waals surface area contributed by atoms with Gasteiger partial charge in [-0.1, -0.05) is 145 Å². The molecule has 0 N–H and O–H groups in total. The van der Waals surface area contributed by atoms with Gasteiger partial charge >= 0.3 is 0 Å². The average Bonchev–Trinajstić information content (AvgIpc) is 3.22. The van der Waals surface area contributed by atoms with Gasteiger partial charge in [-0.25, -0.2) is 0 Å². The van der Waals surface area contributed by atoms with Gasteiger partial charge in [0.1, 0.15) is 0 Å². The lowest BCUT2D eigenvalue weighted by Crippen LogP contribution is -2.09. The van der Waals surface area contributed by atoms with Crippen molar-refractivity contribution >= 4 is 55.7 Å². The second-order valence-electron chi connectivity index (χ2n) is 14.0. The van der Waals surface area contributed by atoms with Crippen LogP contribution in [0.15, 0.2) is 206 Å². The summed E-state index contributed by atoms with van der Waals surface area (Å²) in [4.78, 5) is 4.63. The normalized spacial score (nSPS) is 11.1. The second-order valence-corrected chi connectivity index (χ2v) is 14.0. The Bertz CT molecular complexity index is 2420. The summed E-state index contributed by atoms with van der Waals surface area (Å²) >= 11 is 0. The van der Waals surface area contributed by atoms with Crippen LogP contribution in [0, 0.1) is 13.8 Å². The maximum atomic E-state index is 2.36. The van der Waals surface area contributed by atoms with E-state index < -0.39 is 0 Å². The minimum atomic E-state index is 1.12. The number of anilines is 6. The fourth-order valence-corrected chi connectivity index (χ4v) is 7.84. The number of aryl methyl sites for hydroxylation is 2. The first-order valence-corrected chi connectivity index (χ1v) is 18.6. The van der Waals surface area contributed by atoms with E-state index in [1.54, 1.807) is 0 Å². The van der Waals surface area contributed by atoms with E-state index in [4.69, 9.17) is 0 Å². The molecule has 9 rings (SSSR count). The summed E-state index contributed by atoms with van der Waals surface area (Å²) in [5.41, 5.74) is 14.2. The third-order valence-electron chi connectivity index (χ3n) is 10.3. The number of benzene rings is 9. The summed E-state index contributed by atoms with van der Waals surface area (Å²) in [7, 11) is 0. The van der Waals surface area contributed by atoms with Crippen LogP contribution < -0.4 is 9.80 Å². The molecule has 54 heavy (non-hydrogen) atoms. The molecule has 2 heteroatoms. The van der Waals surface area contributed by atoms with Crippen molar-refractivity contribution in [2.24, 2.45) is 0 Å². The lowest BCUT2D eigenvalue weighted by atomic mass is 9.85. The van der Waals surface area contributed by atoms with Crippen molar-refractivity contribution in [2.45, 2.75) is 13.8 Å². The van der Waals surface area contributed by atoms with Crippen molar-refractivity contribution in [3.8, 4) is 22.3 Å². The molecular weight excluding hydrogens is 653 g/mol. The van der Waals surface area contributed by atoms with E-state index in [0.29, 0.717) is 0 Å². The first-order chi connectivity index (χ1) is 26.6. The van der Waals surface area contributed by atoms with Crippen molar-refractivity contribution < 1.29 is 0 Å². The van der Waals surface area contributed by atoms with Crippen LogP contribution in [0.3, 0.4) is 0 Å². The van der Waals surface area contributed by atoms with Gasteiger partial charge in [-0.05, 0) is 130 Å². The molecule has 0 unspecified atom stereocenters. The molecule has 0 spiro atoms.